The van der Waals surface area contributed by atoms with Gasteiger partial charge in [-0.1, -0.05) is 13.3 Å². The number of hydrogen-bond donors (Lipinski definition) is 2. The van der Waals surface area contributed by atoms with Crippen LogP contribution in [0.15, 0.2) is 0 Å². The van der Waals surface area contributed by atoms with Gasteiger partial charge in [0.25, 0.3) is 0 Å². The molecule has 0 aromatic heterocycles. The van der Waals surface area contributed by atoms with E-state index in [-0.39, 0.29) is 12.6 Å². The van der Waals surface area contributed by atoms with Crippen LogP contribution in [0, 0.1) is 0 Å². The molecule has 0 bridgehead atoms. The van der Waals surface area contributed by atoms with E-state index in [0.29, 0.717) is 6.54 Å². The molecule has 1 rings (SSSR count). The molecule has 0 radical (unpaired) electrons. The van der Waals surface area contributed by atoms with Gasteiger partial charge in [0, 0.05) is 25.7 Å². The molecule has 1 aliphatic rings. The Morgan fingerprint density at radius 2 is 2.31 bits per heavy atom. The molecule has 1 saturated heterocycles. The van der Waals surface area contributed by atoms with Crippen LogP contribution in [0.2, 0.25) is 0 Å². The summed E-state index contributed by atoms with van der Waals surface area (Å²) < 4.78 is 21.2. The molecule has 1 fully saturated rings. The van der Waals surface area contributed by atoms with Gasteiger partial charge in [-0.2, -0.15) is 9.69 Å². The number of phosphoric acid groups is 1. The second-order valence-corrected chi connectivity index (χ2v) is 5.11. The minimum absolute atomic E-state index is 0.139. The van der Waals surface area contributed by atoms with Gasteiger partial charge in [0.15, 0.2) is 0 Å². The van der Waals surface area contributed by atoms with Crippen molar-refractivity contribution in [2.24, 2.45) is 0 Å². The zero-order chi connectivity index (χ0) is 12.0. The second kappa shape index (κ2) is 6.69. The fourth-order valence-corrected chi connectivity index (χ4v) is 2.60. The number of rotatable bonds is 6. The summed E-state index contributed by atoms with van der Waals surface area (Å²) in [6.45, 7) is 6.04. The summed E-state index contributed by atoms with van der Waals surface area (Å²) in [6, 6.07) is 0.139. The molecule has 0 aromatic rings. The molecular weight excluding hydrogens is 231 g/mol. The first-order valence-corrected chi connectivity index (χ1v) is 7.23. The van der Waals surface area contributed by atoms with Gasteiger partial charge in [-0.15, -0.1) is 0 Å². The summed E-state index contributed by atoms with van der Waals surface area (Å²) in [4.78, 5) is 9.40. The van der Waals surface area contributed by atoms with Crippen LogP contribution in [0.4, 0.5) is 0 Å². The quantitative estimate of drug-likeness (QED) is 0.690. The standard InChI is InChI=1S/C9H21N2O4P/c1-3-5-9-8-10-6-7-11(9)15-16(12,13)14-4-2/h9-10H,3-8H2,1-2H3,(H,12,13). The molecule has 0 amide bonds. The van der Waals surface area contributed by atoms with E-state index in [1.807, 2.05) is 0 Å². The number of phosphoric ester groups is 1. The predicted molar refractivity (Wildman–Crippen MR) is 60.8 cm³/mol. The zero-order valence-corrected chi connectivity index (χ0v) is 10.8. The van der Waals surface area contributed by atoms with Crippen LogP contribution in [0.25, 0.3) is 0 Å². The van der Waals surface area contributed by atoms with Crippen LogP contribution in [-0.2, 0) is 13.7 Å². The van der Waals surface area contributed by atoms with E-state index in [4.69, 9.17) is 4.62 Å². The smallest absolute Gasteiger partial charge is 0.314 e. The summed E-state index contributed by atoms with van der Waals surface area (Å²) in [5.41, 5.74) is 0. The van der Waals surface area contributed by atoms with Crippen molar-refractivity contribution in [1.29, 1.82) is 0 Å². The van der Waals surface area contributed by atoms with E-state index in [1.54, 1.807) is 12.0 Å². The third kappa shape index (κ3) is 4.49. The van der Waals surface area contributed by atoms with E-state index >= 15 is 0 Å². The Bertz CT molecular complexity index is 250. The first kappa shape index (κ1) is 14.1. The van der Waals surface area contributed by atoms with Crippen LogP contribution in [0.3, 0.4) is 0 Å². The lowest BCUT2D eigenvalue weighted by Gasteiger charge is -2.35. The third-order valence-corrected chi connectivity index (χ3v) is 3.42. The molecule has 1 heterocycles. The van der Waals surface area contributed by atoms with Gasteiger partial charge >= 0.3 is 7.82 Å². The highest BCUT2D eigenvalue weighted by atomic mass is 31.2. The molecule has 7 heteroatoms. The number of hydrogen-bond acceptors (Lipinski definition) is 5. The third-order valence-electron chi connectivity index (χ3n) is 2.42. The van der Waals surface area contributed by atoms with E-state index in [9.17, 15) is 9.46 Å². The highest BCUT2D eigenvalue weighted by molar-refractivity contribution is 7.47. The van der Waals surface area contributed by atoms with Crippen molar-refractivity contribution in [2.75, 3.05) is 26.2 Å². The Hall–Kier alpha value is 0.0300. The van der Waals surface area contributed by atoms with Crippen molar-refractivity contribution in [2.45, 2.75) is 32.7 Å². The number of hydroxylamine groups is 2. The highest BCUT2D eigenvalue weighted by Gasteiger charge is 2.31. The second-order valence-electron chi connectivity index (χ2n) is 3.76. The zero-order valence-electron chi connectivity index (χ0n) is 9.89. The van der Waals surface area contributed by atoms with E-state index < -0.39 is 7.82 Å². The van der Waals surface area contributed by atoms with Gasteiger partial charge in [-0.3, -0.25) is 4.52 Å². The lowest BCUT2D eigenvalue weighted by atomic mass is 10.1. The normalized spacial score (nSPS) is 26.6. The molecule has 1 aliphatic heterocycles. The van der Waals surface area contributed by atoms with Gasteiger partial charge in [0.05, 0.1) is 6.61 Å². The summed E-state index contributed by atoms with van der Waals surface area (Å²) in [6.07, 6.45) is 1.94. The number of piperazine rings is 1. The van der Waals surface area contributed by atoms with Crippen LogP contribution in [-0.4, -0.2) is 42.2 Å². The van der Waals surface area contributed by atoms with Crippen LogP contribution < -0.4 is 5.32 Å². The maximum atomic E-state index is 11.5. The molecule has 16 heavy (non-hydrogen) atoms. The minimum atomic E-state index is -3.92. The largest absolute Gasteiger partial charge is 0.489 e. The first-order valence-electron chi connectivity index (χ1n) is 5.73. The lowest BCUT2D eigenvalue weighted by molar-refractivity contribution is -0.128. The number of nitrogens with one attached hydrogen (secondary N) is 1. The Morgan fingerprint density at radius 1 is 1.56 bits per heavy atom. The average molecular weight is 252 g/mol. The van der Waals surface area contributed by atoms with Crippen molar-refractivity contribution >= 4 is 7.82 Å². The van der Waals surface area contributed by atoms with E-state index in [1.165, 1.54) is 0 Å². The molecule has 0 aromatic carbocycles. The van der Waals surface area contributed by atoms with Crippen molar-refractivity contribution in [3.8, 4) is 0 Å². The summed E-state index contributed by atoms with van der Waals surface area (Å²) >= 11 is 0. The molecule has 6 nitrogen and oxygen atoms in total. The van der Waals surface area contributed by atoms with Gasteiger partial charge in [-0.25, -0.2) is 4.57 Å². The van der Waals surface area contributed by atoms with E-state index in [0.717, 1.165) is 25.9 Å². The Balaban J connectivity index is 2.51. The van der Waals surface area contributed by atoms with Gasteiger partial charge < -0.3 is 10.2 Å². The molecule has 0 spiro atoms. The van der Waals surface area contributed by atoms with Crippen molar-refractivity contribution < 1.29 is 18.6 Å². The Labute approximate surface area is 96.5 Å². The molecule has 96 valence electrons. The topological polar surface area (TPSA) is 71.0 Å². The maximum Gasteiger partial charge on any atom is 0.489 e. The summed E-state index contributed by atoms with van der Waals surface area (Å²) in [5, 5.41) is 4.81. The van der Waals surface area contributed by atoms with Gasteiger partial charge in [0.2, 0.25) is 0 Å². The van der Waals surface area contributed by atoms with Crippen molar-refractivity contribution in [3.05, 3.63) is 0 Å². The predicted octanol–water partition coefficient (Wildman–Crippen LogP) is 1.13. The summed E-state index contributed by atoms with van der Waals surface area (Å²) in [7, 11) is -3.92. The monoisotopic (exact) mass is 252 g/mol. The van der Waals surface area contributed by atoms with E-state index in [2.05, 4.69) is 16.8 Å². The molecule has 0 aliphatic carbocycles. The fraction of sp³-hybridized carbons (Fsp3) is 1.00. The van der Waals surface area contributed by atoms with Crippen molar-refractivity contribution in [3.63, 3.8) is 0 Å². The first-order chi connectivity index (χ1) is 7.59. The average Bonchev–Trinajstić information content (AvgIpc) is 2.20. The van der Waals surface area contributed by atoms with Crippen LogP contribution >= 0.6 is 7.82 Å². The molecule has 2 N–H and O–H groups in total. The molecule has 2 atom stereocenters. The molecule has 2 unspecified atom stereocenters. The van der Waals surface area contributed by atoms with Gasteiger partial charge in [-0.05, 0) is 13.3 Å². The fourth-order valence-electron chi connectivity index (χ4n) is 1.75. The maximum absolute atomic E-state index is 11.5. The highest BCUT2D eigenvalue weighted by Crippen LogP contribution is 2.44. The van der Waals surface area contributed by atoms with Crippen LogP contribution in [0.5, 0.6) is 0 Å². The Morgan fingerprint density at radius 3 is 2.94 bits per heavy atom. The minimum Gasteiger partial charge on any atom is -0.314 e. The molecular formula is C9H21N2O4P. The van der Waals surface area contributed by atoms with Crippen LogP contribution in [0.1, 0.15) is 26.7 Å². The summed E-state index contributed by atoms with van der Waals surface area (Å²) in [5.74, 6) is 0. The SMILES string of the molecule is CCCC1CNCCN1OP(=O)(O)OCC. The lowest BCUT2D eigenvalue weighted by Crippen LogP contribution is -2.50. The van der Waals surface area contributed by atoms with Gasteiger partial charge in [0.1, 0.15) is 0 Å². The number of nitrogens with zero attached hydrogens (tertiary/aromatic N) is 1. The van der Waals surface area contributed by atoms with Crippen molar-refractivity contribution in [1.82, 2.24) is 10.4 Å². The molecule has 0 saturated carbocycles. The Kier molecular flexibility index (Phi) is 5.89.